The van der Waals surface area contributed by atoms with E-state index in [1.807, 2.05) is 52.8 Å². The van der Waals surface area contributed by atoms with Gasteiger partial charge in [0.25, 0.3) is 0 Å². The number of anilines is 2. The lowest BCUT2D eigenvalue weighted by Crippen LogP contribution is -2.29. The molecule has 2 aromatic rings. The van der Waals surface area contributed by atoms with Gasteiger partial charge in [-0.15, -0.1) is 0 Å². The number of nitrogens with one attached hydrogen (secondary N) is 2. The fourth-order valence-corrected chi connectivity index (χ4v) is 1.53. The van der Waals surface area contributed by atoms with E-state index >= 15 is 0 Å². The van der Waals surface area contributed by atoms with Crippen LogP contribution >= 0.6 is 0 Å². The zero-order valence-corrected chi connectivity index (χ0v) is 14.5. The van der Waals surface area contributed by atoms with Crippen molar-refractivity contribution in [1.29, 1.82) is 0 Å². The summed E-state index contributed by atoms with van der Waals surface area (Å²) in [6.07, 6.45) is 0. The average Bonchev–Trinajstić information content (AvgIpc) is 2.61. The Labute approximate surface area is 138 Å². The molecule has 4 nitrogen and oxygen atoms in total. The SMILES string of the molecule is CC.CC.Cc1ccc(NC(=O)C(=O)Nc2ccccc2)cc1. The Balaban J connectivity index is 0.00000112. The van der Waals surface area contributed by atoms with E-state index in [2.05, 4.69) is 10.6 Å². The minimum Gasteiger partial charge on any atom is -0.318 e. The van der Waals surface area contributed by atoms with E-state index in [4.69, 9.17) is 0 Å². The molecule has 23 heavy (non-hydrogen) atoms. The van der Waals surface area contributed by atoms with Gasteiger partial charge in [-0.05, 0) is 31.2 Å². The first kappa shape index (κ1) is 20.4. The van der Waals surface area contributed by atoms with E-state index in [0.717, 1.165) is 5.56 Å². The molecule has 0 saturated carbocycles. The first-order chi connectivity index (χ1) is 11.1. The number of hydrogen-bond donors (Lipinski definition) is 2. The maximum absolute atomic E-state index is 11.7. The quantitative estimate of drug-likeness (QED) is 0.794. The molecule has 0 aliphatic rings. The summed E-state index contributed by atoms with van der Waals surface area (Å²) < 4.78 is 0. The first-order valence-corrected chi connectivity index (χ1v) is 7.89. The third-order valence-corrected chi connectivity index (χ3v) is 2.55. The van der Waals surface area contributed by atoms with Crippen molar-refractivity contribution in [3.63, 3.8) is 0 Å². The van der Waals surface area contributed by atoms with Crippen LogP contribution in [0.3, 0.4) is 0 Å². The second-order valence-corrected chi connectivity index (χ2v) is 4.14. The van der Waals surface area contributed by atoms with Crippen molar-refractivity contribution in [3.8, 4) is 0 Å². The Kier molecular flexibility index (Phi) is 10.6. The standard InChI is InChI=1S/C15H14N2O2.2C2H6/c1-11-7-9-13(10-8-11)17-15(19)14(18)16-12-5-3-2-4-6-12;2*1-2/h2-10H,1H3,(H,16,18)(H,17,19);2*1-2H3. The minimum atomic E-state index is -0.688. The fraction of sp³-hybridized carbons (Fsp3) is 0.263. The van der Waals surface area contributed by atoms with Gasteiger partial charge in [-0.3, -0.25) is 9.59 Å². The minimum absolute atomic E-state index is 0.589. The van der Waals surface area contributed by atoms with Crippen LogP contribution in [0.1, 0.15) is 33.3 Å². The van der Waals surface area contributed by atoms with Crippen LogP contribution in [0.5, 0.6) is 0 Å². The molecule has 4 heteroatoms. The summed E-state index contributed by atoms with van der Waals surface area (Å²) in [6, 6.07) is 16.1. The monoisotopic (exact) mass is 314 g/mol. The summed E-state index contributed by atoms with van der Waals surface area (Å²) in [5, 5.41) is 5.06. The second-order valence-electron chi connectivity index (χ2n) is 4.14. The summed E-state index contributed by atoms with van der Waals surface area (Å²) >= 11 is 0. The number of amides is 2. The van der Waals surface area contributed by atoms with Crippen molar-refractivity contribution in [2.75, 3.05) is 10.6 Å². The molecular formula is C19H26N2O2. The van der Waals surface area contributed by atoms with Crippen LogP contribution < -0.4 is 10.6 Å². The highest BCUT2D eigenvalue weighted by atomic mass is 16.2. The molecule has 2 amide bonds. The Morgan fingerprint density at radius 2 is 1.04 bits per heavy atom. The molecule has 2 N–H and O–H groups in total. The van der Waals surface area contributed by atoms with Crippen molar-refractivity contribution >= 4 is 23.2 Å². The molecule has 2 rings (SSSR count). The van der Waals surface area contributed by atoms with Crippen LogP contribution in [0.25, 0.3) is 0 Å². The van der Waals surface area contributed by atoms with E-state index in [0.29, 0.717) is 11.4 Å². The van der Waals surface area contributed by atoms with Crippen molar-refractivity contribution in [2.24, 2.45) is 0 Å². The number of rotatable bonds is 2. The summed E-state index contributed by atoms with van der Waals surface area (Å²) in [4.78, 5) is 23.3. The molecule has 2 aromatic carbocycles. The lowest BCUT2D eigenvalue weighted by Gasteiger charge is -2.06. The predicted octanol–water partition coefficient (Wildman–Crippen LogP) is 4.62. The molecule has 124 valence electrons. The maximum Gasteiger partial charge on any atom is 0.314 e. The lowest BCUT2D eigenvalue weighted by atomic mass is 10.2. The normalized spacial score (nSPS) is 8.57. The molecule has 0 aromatic heterocycles. The number of para-hydroxylation sites is 1. The molecule has 0 saturated heterocycles. The van der Waals surface area contributed by atoms with Crippen molar-refractivity contribution in [1.82, 2.24) is 0 Å². The number of hydrogen-bond acceptors (Lipinski definition) is 2. The van der Waals surface area contributed by atoms with Gasteiger partial charge in [0.2, 0.25) is 0 Å². The van der Waals surface area contributed by atoms with E-state index in [1.165, 1.54) is 0 Å². The second kappa shape index (κ2) is 12.0. The van der Waals surface area contributed by atoms with Crippen LogP contribution in [-0.2, 0) is 9.59 Å². The highest BCUT2D eigenvalue weighted by molar-refractivity contribution is 6.43. The van der Waals surface area contributed by atoms with Gasteiger partial charge >= 0.3 is 11.8 Å². The van der Waals surface area contributed by atoms with Crippen LogP contribution in [-0.4, -0.2) is 11.8 Å². The Bertz CT molecular complexity index is 578. The summed E-state index contributed by atoms with van der Waals surface area (Å²) in [6.45, 7) is 9.95. The topological polar surface area (TPSA) is 58.2 Å². The molecule has 0 spiro atoms. The van der Waals surface area contributed by atoms with Crippen LogP contribution in [0.4, 0.5) is 11.4 Å². The van der Waals surface area contributed by atoms with Crippen LogP contribution in [0, 0.1) is 6.92 Å². The van der Waals surface area contributed by atoms with Gasteiger partial charge < -0.3 is 10.6 Å². The average molecular weight is 314 g/mol. The fourth-order valence-electron chi connectivity index (χ4n) is 1.53. The van der Waals surface area contributed by atoms with Crippen molar-refractivity contribution < 1.29 is 9.59 Å². The molecule has 0 heterocycles. The third-order valence-electron chi connectivity index (χ3n) is 2.55. The van der Waals surface area contributed by atoms with E-state index in [1.54, 1.807) is 36.4 Å². The zero-order chi connectivity index (χ0) is 17.7. The number of aryl methyl sites for hydroxylation is 1. The van der Waals surface area contributed by atoms with Gasteiger partial charge in [0, 0.05) is 11.4 Å². The molecule has 0 bridgehead atoms. The van der Waals surface area contributed by atoms with Gasteiger partial charge in [-0.1, -0.05) is 63.6 Å². The molecule has 0 radical (unpaired) electrons. The maximum atomic E-state index is 11.7. The summed E-state index contributed by atoms with van der Waals surface area (Å²) in [5.41, 5.74) is 2.28. The van der Waals surface area contributed by atoms with Crippen LogP contribution in [0.2, 0.25) is 0 Å². The Morgan fingerprint density at radius 1 is 0.652 bits per heavy atom. The lowest BCUT2D eigenvalue weighted by molar-refractivity contribution is -0.132. The molecule has 0 fully saturated rings. The molecule has 0 aliphatic carbocycles. The van der Waals surface area contributed by atoms with E-state index < -0.39 is 11.8 Å². The van der Waals surface area contributed by atoms with Gasteiger partial charge in [-0.2, -0.15) is 0 Å². The van der Waals surface area contributed by atoms with Gasteiger partial charge in [0.05, 0.1) is 0 Å². The van der Waals surface area contributed by atoms with Crippen molar-refractivity contribution in [2.45, 2.75) is 34.6 Å². The highest BCUT2D eigenvalue weighted by Gasteiger charge is 2.13. The van der Waals surface area contributed by atoms with Crippen LogP contribution in [0.15, 0.2) is 54.6 Å². The molecular weight excluding hydrogens is 288 g/mol. The predicted molar refractivity (Wildman–Crippen MR) is 97.6 cm³/mol. The zero-order valence-electron chi connectivity index (χ0n) is 14.5. The number of carbonyl (C=O) groups excluding carboxylic acids is 2. The van der Waals surface area contributed by atoms with E-state index in [-0.39, 0.29) is 0 Å². The van der Waals surface area contributed by atoms with E-state index in [9.17, 15) is 9.59 Å². The Morgan fingerprint density at radius 3 is 1.48 bits per heavy atom. The van der Waals surface area contributed by atoms with Gasteiger partial charge in [0.1, 0.15) is 0 Å². The molecule has 0 unspecified atom stereocenters. The molecule has 0 aliphatic heterocycles. The molecule has 0 atom stereocenters. The van der Waals surface area contributed by atoms with Crippen molar-refractivity contribution in [3.05, 3.63) is 60.2 Å². The highest BCUT2D eigenvalue weighted by Crippen LogP contribution is 2.09. The smallest absolute Gasteiger partial charge is 0.314 e. The Hall–Kier alpha value is -2.62. The largest absolute Gasteiger partial charge is 0.318 e. The third kappa shape index (κ3) is 7.81. The number of benzene rings is 2. The first-order valence-electron chi connectivity index (χ1n) is 7.89. The van der Waals surface area contributed by atoms with Gasteiger partial charge in [0.15, 0.2) is 0 Å². The summed E-state index contributed by atoms with van der Waals surface area (Å²) in [5.74, 6) is -1.38. The number of carbonyl (C=O) groups is 2. The van der Waals surface area contributed by atoms with Gasteiger partial charge in [-0.25, -0.2) is 0 Å². The summed E-state index contributed by atoms with van der Waals surface area (Å²) in [7, 11) is 0.